The van der Waals surface area contributed by atoms with Gasteiger partial charge in [0.05, 0.1) is 59.3 Å². The molecule has 0 aliphatic carbocycles. The summed E-state index contributed by atoms with van der Waals surface area (Å²) in [4.78, 5) is 42.2. The molecular weight excluding hydrogens is 547 g/mol. The number of carbonyl (C=O) groups is 1. The Morgan fingerprint density at radius 1 is 1.10 bits per heavy atom. The summed E-state index contributed by atoms with van der Waals surface area (Å²) in [6.45, 7) is 1.80. The van der Waals surface area contributed by atoms with Crippen molar-refractivity contribution in [2.45, 2.75) is 32.1 Å². The number of hydrogen-bond acceptors (Lipinski definition) is 6. The van der Waals surface area contributed by atoms with E-state index >= 15 is 0 Å². The van der Waals surface area contributed by atoms with E-state index in [0.717, 1.165) is 12.1 Å². The molecule has 3 aromatic heterocycles. The molecule has 0 radical (unpaired) electrons. The summed E-state index contributed by atoms with van der Waals surface area (Å²) in [5.41, 5.74) is 0.913. The number of fused-ring (bicyclic) bond motifs is 1. The number of aryl methyl sites for hydroxylation is 1. The van der Waals surface area contributed by atoms with E-state index < -0.39 is 29.2 Å². The molecule has 42 heavy (non-hydrogen) atoms. The molecule has 0 unspecified atom stereocenters. The smallest absolute Gasteiger partial charge is 0.336 e. The third-order valence-corrected chi connectivity index (χ3v) is 6.97. The summed E-state index contributed by atoms with van der Waals surface area (Å²) in [5, 5.41) is 9.52. The normalized spacial score (nSPS) is 12.2. The van der Waals surface area contributed by atoms with Gasteiger partial charge in [-0.2, -0.15) is 18.4 Å². The minimum absolute atomic E-state index is 0.0840. The minimum atomic E-state index is -4.49. The van der Waals surface area contributed by atoms with Crippen molar-refractivity contribution in [3.8, 4) is 11.8 Å². The van der Waals surface area contributed by atoms with E-state index in [0.29, 0.717) is 22.5 Å². The monoisotopic (exact) mass is 571 g/mol. The predicted octanol–water partition coefficient (Wildman–Crippen LogP) is 4.74. The second-order valence-electron chi connectivity index (χ2n) is 9.71. The van der Waals surface area contributed by atoms with Crippen LogP contribution in [0.2, 0.25) is 0 Å². The number of benzene rings is 2. The van der Waals surface area contributed by atoms with E-state index in [-0.39, 0.29) is 29.8 Å². The molecule has 0 N–H and O–H groups in total. The average Bonchev–Trinajstić information content (AvgIpc) is 3.39. The first-order chi connectivity index (χ1) is 20.1. The van der Waals surface area contributed by atoms with Crippen LogP contribution < -0.4 is 5.56 Å². The maximum absolute atomic E-state index is 13.8. The molecule has 3 heterocycles. The number of imidazole rings is 1. The topological polar surface area (TPSA) is 110 Å². The van der Waals surface area contributed by atoms with E-state index in [1.807, 2.05) is 6.07 Å². The molecule has 212 valence electrons. The molecular formula is C30H24F3N7O2. The largest absolute Gasteiger partial charge is 0.416 e. The molecule has 0 saturated heterocycles. The molecule has 2 aromatic carbocycles. The van der Waals surface area contributed by atoms with Gasteiger partial charge in [-0.1, -0.05) is 12.1 Å². The van der Waals surface area contributed by atoms with Gasteiger partial charge in [0.2, 0.25) is 5.91 Å². The Hall–Kier alpha value is -5.31. The molecule has 12 heteroatoms. The van der Waals surface area contributed by atoms with E-state index in [2.05, 4.69) is 9.97 Å². The van der Waals surface area contributed by atoms with Crippen molar-refractivity contribution in [3.63, 3.8) is 0 Å². The summed E-state index contributed by atoms with van der Waals surface area (Å²) in [7, 11) is 1.77. The Balaban J connectivity index is 1.61. The highest BCUT2D eigenvalue weighted by Gasteiger charge is 2.31. The molecule has 1 atom stereocenters. The Morgan fingerprint density at radius 2 is 1.81 bits per heavy atom. The maximum Gasteiger partial charge on any atom is 0.416 e. The molecule has 5 aromatic rings. The minimum Gasteiger partial charge on any atom is -0.336 e. The Labute approximate surface area is 238 Å². The van der Waals surface area contributed by atoms with Gasteiger partial charge < -0.3 is 9.47 Å². The first-order valence-corrected chi connectivity index (χ1v) is 12.9. The highest BCUT2D eigenvalue weighted by Crippen LogP contribution is 2.30. The lowest BCUT2D eigenvalue weighted by Gasteiger charge is -2.30. The molecule has 1 amide bonds. The molecule has 5 rings (SSSR count). The molecule has 9 nitrogen and oxygen atoms in total. The lowest BCUT2D eigenvalue weighted by atomic mass is 10.1. The van der Waals surface area contributed by atoms with Crippen LogP contribution in [0.1, 0.15) is 41.2 Å². The zero-order chi connectivity index (χ0) is 30.0. The number of nitrogens with zero attached hydrogens (tertiary/aromatic N) is 7. The van der Waals surface area contributed by atoms with Crippen molar-refractivity contribution in [3.05, 3.63) is 118 Å². The summed E-state index contributed by atoms with van der Waals surface area (Å²) < 4.78 is 42.4. The fraction of sp³-hybridized carbons (Fsp3) is 0.200. The van der Waals surface area contributed by atoms with E-state index in [1.54, 1.807) is 67.5 Å². The zero-order valence-corrected chi connectivity index (χ0v) is 22.6. The van der Waals surface area contributed by atoms with Crippen LogP contribution in [0.15, 0.2) is 84.2 Å². The van der Waals surface area contributed by atoms with E-state index in [9.17, 15) is 28.0 Å². The van der Waals surface area contributed by atoms with Gasteiger partial charge in [0.1, 0.15) is 5.82 Å². The quantitative estimate of drug-likeness (QED) is 0.279. The van der Waals surface area contributed by atoms with Crippen molar-refractivity contribution in [2.24, 2.45) is 7.05 Å². The van der Waals surface area contributed by atoms with Crippen LogP contribution in [0.4, 0.5) is 13.2 Å². The fourth-order valence-corrected chi connectivity index (χ4v) is 4.63. The van der Waals surface area contributed by atoms with Crippen LogP contribution in [-0.4, -0.2) is 34.9 Å². The van der Waals surface area contributed by atoms with Crippen molar-refractivity contribution in [1.29, 1.82) is 5.26 Å². The number of carbonyl (C=O) groups excluding carboxylic acids is 1. The number of halogens is 3. The first kappa shape index (κ1) is 28.2. The van der Waals surface area contributed by atoms with Gasteiger partial charge in [-0.05, 0) is 61.0 Å². The molecule has 0 saturated carbocycles. The van der Waals surface area contributed by atoms with Crippen LogP contribution in [0.3, 0.4) is 0 Å². The number of hydrogen-bond donors (Lipinski definition) is 0. The lowest BCUT2D eigenvalue weighted by molar-refractivity contribution is -0.137. The van der Waals surface area contributed by atoms with Crippen LogP contribution in [-0.2, 0) is 31.0 Å². The van der Waals surface area contributed by atoms with Gasteiger partial charge in [0, 0.05) is 19.4 Å². The first-order valence-electron chi connectivity index (χ1n) is 12.9. The van der Waals surface area contributed by atoms with Crippen molar-refractivity contribution < 1.29 is 18.0 Å². The van der Waals surface area contributed by atoms with Gasteiger partial charge in [0.15, 0.2) is 5.65 Å². The Bertz CT molecular complexity index is 1850. The SMILES string of the molecule is C[C@H](c1nc2ncccc2c(=O)n1-c1ccc(C#N)cc1)N(Cc1cncn1C)C(=O)Cc1ccc(C(F)(F)F)cc1. The van der Waals surface area contributed by atoms with Crippen LogP contribution in [0.25, 0.3) is 16.7 Å². The highest BCUT2D eigenvalue weighted by molar-refractivity contribution is 5.79. The van der Waals surface area contributed by atoms with Crippen LogP contribution in [0.5, 0.6) is 0 Å². The second kappa shape index (κ2) is 11.3. The number of rotatable bonds is 7. The van der Waals surface area contributed by atoms with Crippen LogP contribution in [0, 0.1) is 11.3 Å². The standard InChI is InChI=1S/C30H24F3N7O2/c1-19(28-37-27-25(4-3-13-36-27)29(42)40(28)23-11-7-21(15-34)8-12-23)39(17-24-16-35-18-38(24)2)26(41)14-20-5-9-22(10-6-20)30(31,32)33/h3-13,16,18-19H,14,17H2,1-2H3/t19-/m1/s1. The van der Waals surface area contributed by atoms with Gasteiger partial charge in [-0.25, -0.2) is 15.0 Å². The second-order valence-corrected chi connectivity index (χ2v) is 9.71. The average molecular weight is 572 g/mol. The maximum atomic E-state index is 13.8. The molecule has 0 aliphatic rings. The highest BCUT2D eigenvalue weighted by atomic mass is 19.4. The van der Waals surface area contributed by atoms with Crippen LogP contribution >= 0.6 is 0 Å². The van der Waals surface area contributed by atoms with Crippen molar-refractivity contribution in [2.75, 3.05) is 0 Å². The molecule has 0 aliphatic heterocycles. The Morgan fingerprint density at radius 3 is 2.43 bits per heavy atom. The summed E-state index contributed by atoms with van der Waals surface area (Å²) in [5.74, 6) is -0.177. The van der Waals surface area contributed by atoms with Gasteiger partial charge in [-0.3, -0.25) is 14.2 Å². The number of pyridine rings is 1. The zero-order valence-electron chi connectivity index (χ0n) is 22.6. The van der Waals surface area contributed by atoms with Crippen molar-refractivity contribution >= 4 is 16.9 Å². The Kier molecular flexibility index (Phi) is 7.58. The number of alkyl halides is 3. The van der Waals surface area contributed by atoms with E-state index in [4.69, 9.17) is 4.98 Å². The number of aromatic nitrogens is 5. The summed E-state index contributed by atoms with van der Waals surface area (Å²) in [6.07, 6.45) is 0.0246. The number of amides is 1. The molecule has 0 bridgehead atoms. The third kappa shape index (κ3) is 5.62. The summed E-state index contributed by atoms with van der Waals surface area (Å²) in [6, 6.07) is 15.3. The fourth-order valence-electron chi connectivity index (χ4n) is 4.63. The third-order valence-electron chi connectivity index (χ3n) is 6.97. The predicted molar refractivity (Wildman–Crippen MR) is 147 cm³/mol. The molecule has 0 spiro atoms. The van der Waals surface area contributed by atoms with E-state index in [1.165, 1.54) is 27.8 Å². The van der Waals surface area contributed by atoms with Gasteiger partial charge in [-0.15, -0.1) is 0 Å². The molecule has 0 fully saturated rings. The van der Waals surface area contributed by atoms with Gasteiger partial charge >= 0.3 is 6.18 Å². The van der Waals surface area contributed by atoms with Gasteiger partial charge in [0.25, 0.3) is 5.56 Å². The number of nitriles is 1. The lowest BCUT2D eigenvalue weighted by Crippen LogP contribution is -2.38. The van der Waals surface area contributed by atoms with Crippen molar-refractivity contribution in [1.82, 2.24) is 29.0 Å². The summed E-state index contributed by atoms with van der Waals surface area (Å²) >= 11 is 0.